The van der Waals surface area contributed by atoms with E-state index in [9.17, 15) is 30.0 Å². The number of imidazole rings is 1. The molecule has 3 heterocycles. The summed E-state index contributed by atoms with van der Waals surface area (Å²) in [5, 5.41) is 7.12. The minimum absolute atomic E-state index is 0.145. The zero-order chi connectivity index (χ0) is 34.4. The number of nitrogens with two attached hydrogens (primary N) is 1. The van der Waals surface area contributed by atoms with E-state index in [0.717, 1.165) is 34.8 Å². The molecule has 46 heavy (non-hydrogen) atoms. The van der Waals surface area contributed by atoms with Crippen LogP contribution in [0.5, 0.6) is 0 Å². The molecule has 3 aromatic heterocycles. The van der Waals surface area contributed by atoms with E-state index in [-0.39, 0.29) is 15.6 Å². The van der Waals surface area contributed by atoms with Gasteiger partial charge in [0.05, 0.1) is 26.9 Å². The van der Waals surface area contributed by atoms with Gasteiger partial charge in [-0.3, -0.25) is 9.38 Å². The molecule has 0 fully saturated rings. The molecule has 5 aromatic rings. The van der Waals surface area contributed by atoms with E-state index in [0.29, 0.717) is 33.9 Å². The number of carbonyl (C=O) groups is 1. The average Bonchev–Trinajstić information content (AvgIpc) is 3.32. The van der Waals surface area contributed by atoms with Gasteiger partial charge in [-0.2, -0.15) is 13.2 Å². The molecule has 11 nitrogen and oxygen atoms in total. The quantitative estimate of drug-likeness (QED) is 0.256. The Morgan fingerprint density at radius 3 is 1.85 bits per heavy atom. The van der Waals surface area contributed by atoms with Crippen molar-refractivity contribution in [2.45, 2.75) is 36.7 Å². The first-order valence-electron chi connectivity index (χ1n) is 13.2. The van der Waals surface area contributed by atoms with Gasteiger partial charge in [-0.25, -0.2) is 31.6 Å². The normalized spacial score (nSPS) is 12.1. The second kappa shape index (κ2) is 12.2. The largest absolute Gasteiger partial charge is 0.490 e. The van der Waals surface area contributed by atoms with Gasteiger partial charge in [0.2, 0.25) is 0 Å². The van der Waals surface area contributed by atoms with Crippen LogP contribution < -0.4 is 5.73 Å². The van der Waals surface area contributed by atoms with Crippen LogP contribution in [0, 0.1) is 20.8 Å². The van der Waals surface area contributed by atoms with Gasteiger partial charge in [0, 0.05) is 47.8 Å². The van der Waals surface area contributed by atoms with E-state index in [4.69, 9.17) is 20.6 Å². The zero-order valence-electron chi connectivity index (χ0n) is 25.1. The van der Waals surface area contributed by atoms with E-state index in [1.807, 2.05) is 33.0 Å². The lowest BCUT2D eigenvalue weighted by molar-refractivity contribution is -0.192. The molecule has 0 saturated carbocycles. The Labute approximate surface area is 262 Å². The maximum absolute atomic E-state index is 12.5. The second-order valence-corrected chi connectivity index (χ2v) is 14.5. The molecule has 0 unspecified atom stereocenters. The van der Waals surface area contributed by atoms with Crippen molar-refractivity contribution in [3.63, 3.8) is 0 Å². The lowest BCUT2D eigenvalue weighted by Crippen LogP contribution is -2.21. The van der Waals surface area contributed by atoms with Crippen LogP contribution in [0.15, 0.2) is 70.8 Å². The first-order valence-corrected chi connectivity index (χ1v) is 17.0. The molecular formula is C30H28F3N5O6S2. The van der Waals surface area contributed by atoms with Crippen molar-refractivity contribution >= 4 is 37.1 Å². The zero-order valence-corrected chi connectivity index (χ0v) is 26.7. The lowest BCUT2D eigenvalue weighted by atomic mass is 9.98. The summed E-state index contributed by atoms with van der Waals surface area (Å²) >= 11 is 0. The molecule has 0 amide bonds. The fourth-order valence-electron chi connectivity index (χ4n) is 4.58. The molecule has 2 aromatic carbocycles. The smallest absolute Gasteiger partial charge is 0.475 e. The summed E-state index contributed by atoms with van der Waals surface area (Å²) < 4.78 is 83.4. The Morgan fingerprint density at radius 2 is 1.35 bits per heavy atom. The Kier molecular flexibility index (Phi) is 9.01. The van der Waals surface area contributed by atoms with Crippen molar-refractivity contribution in [2.75, 3.05) is 18.2 Å². The number of halogens is 3. The third-order valence-electron chi connectivity index (χ3n) is 6.96. The molecule has 0 spiro atoms. The first-order chi connectivity index (χ1) is 21.2. The van der Waals surface area contributed by atoms with Gasteiger partial charge in [0.15, 0.2) is 31.1 Å². The molecule has 0 saturated heterocycles. The summed E-state index contributed by atoms with van der Waals surface area (Å²) in [6.45, 7) is 5.66. The number of hydrogen-bond donors (Lipinski definition) is 2. The fourth-order valence-corrected chi connectivity index (χ4v) is 5.87. The lowest BCUT2D eigenvalue weighted by Gasteiger charge is -2.14. The van der Waals surface area contributed by atoms with E-state index >= 15 is 0 Å². The molecule has 3 N–H and O–H groups in total. The number of nitrogens with zero attached hydrogens (tertiary/aromatic N) is 4. The highest BCUT2D eigenvalue weighted by Gasteiger charge is 2.38. The van der Waals surface area contributed by atoms with Crippen LogP contribution >= 0.6 is 0 Å². The topological polar surface area (TPSA) is 175 Å². The van der Waals surface area contributed by atoms with Gasteiger partial charge in [0.1, 0.15) is 0 Å². The number of nitrogen functional groups attached to an aromatic ring is 1. The summed E-state index contributed by atoms with van der Waals surface area (Å²) in [6.07, 6.45) is 2.43. The molecule has 0 radical (unpaired) electrons. The summed E-state index contributed by atoms with van der Waals surface area (Å²) in [7, 11) is -7.02. The minimum Gasteiger partial charge on any atom is -0.475 e. The molecule has 16 heteroatoms. The summed E-state index contributed by atoms with van der Waals surface area (Å²) in [6, 6.07) is 11.6. The van der Waals surface area contributed by atoms with Gasteiger partial charge >= 0.3 is 12.1 Å². The highest BCUT2D eigenvalue weighted by molar-refractivity contribution is 7.91. The standard InChI is InChI=1S/C28H27N5O4S2.C2HF3O2/c1-16-6-8-19(38(4,34)35)12-22(16)25-26(23-13-20(39(5,36)37)9-7-17(23)2)33-15-24(31-27(29)28(33)32-25)21-10-11-30-14-18(21)3;3-2(4,5)1(6)7/h6-15H,1-5H3,(H2,29,31);(H,6,7). The van der Waals surface area contributed by atoms with Crippen LogP contribution in [0.2, 0.25) is 0 Å². The van der Waals surface area contributed by atoms with E-state index in [1.165, 1.54) is 0 Å². The predicted octanol–water partition coefficient (Wildman–Crippen LogP) is 5.07. The number of aliphatic carboxylic acids is 1. The first kappa shape index (κ1) is 34.1. The Morgan fingerprint density at radius 1 is 0.826 bits per heavy atom. The van der Waals surface area contributed by atoms with Crippen molar-refractivity contribution in [2.24, 2.45) is 0 Å². The van der Waals surface area contributed by atoms with Gasteiger partial charge < -0.3 is 10.8 Å². The molecule has 0 aliphatic heterocycles. The average molecular weight is 676 g/mol. The molecule has 0 bridgehead atoms. The van der Waals surface area contributed by atoms with Crippen LogP contribution in [-0.4, -0.2) is 66.0 Å². The Hall–Kier alpha value is -4.83. The fraction of sp³-hybridized carbons (Fsp3) is 0.200. The van der Waals surface area contributed by atoms with Crippen molar-refractivity contribution in [1.82, 2.24) is 19.4 Å². The van der Waals surface area contributed by atoms with E-state index in [1.54, 1.807) is 53.2 Å². The molecule has 5 rings (SSSR count). The minimum atomic E-state index is -5.08. The van der Waals surface area contributed by atoms with E-state index < -0.39 is 31.8 Å². The highest BCUT2D eigenvalue weighted by Crippen LogP contribution is 2.39. The number of carboxylic acids is 1. The number of rotatable bonds is 5. The maximum Gasteiger partial charge on any atom is 0.490 e. The van der Waals surface area contributed by atoms with Gasteiger partial charge in [-0.15, -0.1) is 0 Å². The van der Waals surface area contributed by atoms with Gasteiger partial charge in [-0.05, 0) is 67.8 Å². The number of carboxylic acid groups (broad SMARTS) is 1. The number of hydrogen-bond acceptors (Lipinski definition) is 9. The number of anilines is 1. The molecule has 242 valence electrons. The van der Waals surface area contributed by atoms with Crippen molar-refractivity contribution in [3.05, 3.63) is 77.7 Å². The monoisotopic (exact) mass is 675 g/mol. The van der Waals surface area contributed by atoms with Crippen LogP contribution in [0.25, 0.3) is 39.4 Å². The van der Waals surface area contributed by atoms with Crippen LogP contribution in [0.3, 0.4) is 0 Å². The Bertz CT molecular complexity index is 2230. The molecular weight excluding hydrogens is 647 g/mol. The maximum atomic E-state index is 12.5. The SMILES string of the molecule is Cc1cnccc1-c1cn2c(-c3cc(S(C)(=O)=O)ccc3C)c(-c3cc(S(C)(=O)=O)ccc3C)nc2c(N)n1.O=C(O)C(F)(F)F. The number of pyridine rings is 1. The summed E-state index contributed by atoms with van der Waals surface area (Å²) in [5.41, 5.74) is 13.0. The predicted molar refractivity (Wildman–Crippen MR) is 166 cm³/mol. The number of sulfone groups is 2. The van der Waals surface area contributed by atoms with Gasteiger partial charge in [0.25, 0.3) is 0 Å². The number of aryl methyl sites for hydroxylation is 3. The van der Waals surface area contributed by atoms with E-state index in [2.05, 4.69) is 9.97 Å². The number of alkyl halides is 3. The van der Waals surface area contributed by atoms with Crippen molar-refractivity contribution in [1.29, 1.82) is 0 Å². The van der Waals surface area contributed by atoms with Crippen LogP contribution in [-0.2, 0) is 24.5 Å². The van der Waals surface area contributed by atoms with Crippen molar-refractivity contribution in [3.8, 4) is 33.8 Å². The van der Waals surface area contributed by atoms with Crippen LogP contribution in [0.1, 0.15) is 16.7 Å². The third-order valence-corrected chi connectivity index (χ3v) is 9.18. The highest BCUT2D eigenvalue weighted by atomic mass is 32.2. The van der Waals surface area contributed by atoms with Gasteiger partial charge in [-0.1, -0.05) is 12.1 Å². The van der Waals surface area contributed by atoms with Crippen molar-refractivity contribution < 1.29 is 39.9 Å². The molecule has 0 aliphatic rings. The molecule has 0 atom stereocenters. The van der Waals surface area contributed by atoms with Crippen LogP contribution in [0.4, 0.5) is 19.0 Å². The molecule has 0 aliphatic carbocycles. The second-order valence-electron chi connectivity index (χ2n) is 10.5. The number of fused-ring (bicyclic) bond motifs is 1. The number of aromatic nitrogens is 4. The summed E-state index contributed by atoms with van der Waals surface area (Å²) in [4.78, 5) is 22.8. The number of benzene rings is 2. The summed E-state index contributed by atoms with van der Waals surface area (Å²) in [5.74, 6) is -2.59. The third kappa shape index (κ3) is 7.02. The Balaban J connectivity index is 0.000000617.